The number of rotatable bonds is 5. The number of aromatic nitrogens is 1. The maximum atomic E-state index is 9.71. The van der Waals surface area contributed by atoms with Gasteiger partial charge in [-0.1, -0.05) is 41.4 Å². The van der Waals surface area contributed by atoms with Gasteiger partial charge >= 0.3 is 0 Å². The zero-order valence-corrected chi connectivity index (χ0v) is 15.7. The van der Waals surface area contributed by atoms with E-state index in [4.69, 9.17) is 27.9 Å². The molecule has 4 nitrogen and oxygen atoms in total. The summed E-state index contributed by atoms with van der Waals surface area (Å²) in [5.41, 5.74) is 2.22. The fraction of sp³-hybridized carbons (Fsp3) is 0.421. The Morgan fingerprint density at radius 2 is 1.92 bits per heavy atom. The minimum Gasteiger partial charge on any atom is -0.497 e. The molecule has 0 bridgehead atoms. The number of likely N-dealkylation sites (tertiary alicyclic amines) is 1. The van der Waals surface area contributed by atoms with Gasteiger partial charge in [-0.05, 0) is 41.7 Å². The fourth-order valence-electron chi connectivity index (χ4n) is 3.51. The summed E-state index contributed by atoms with van der Waals surface area (Å²) in [6, 6.07) is 11.8. The van der Waals surface area contributed by atoms with Crippen LogP contribution in [0, 0.1) is 5.92 Å². The van der Waals surface area contributed by atoms with Crippen LogP contribution in [0.15, 0.2) is 36.4 Å². The second-order valence-corrected chi connectivity index (χ2v) is 7.28. The van der Waals surface area contributed by atoms with Gasteiger partial charge in [0.1, 0.15) is 16.1 Å². The molecule has 1 fully saturated rings. The van der Waals surface area contributed by atoms with E-state index in [1.807, 2.05) is 18.2 Å². The molecule has 1 N–H and O–H groups in total. The number of methoxy groups -OCH3 is 1. The highest BCUT2D eigenvalue weighted by atomic mass is 35.5. The van der Waals surface area contributed by atoms with Crippen LogP contribution in [0.1, 0.15) is 23.5 Å². The third-order valence-electron chi connectivity index (χ3n) is 4.72. The van der Waals surface area contributed by atoms with E-state index in [2.05, 4.69) is 22.0 Å². The number of piperidine rings is 1. The predicted octanol–water partition coefficient (Wildman–Crippen LogP) is 4.00. The van der Waals surface area contributed by atoms with E-state index < -0.39 is 0 Å². The van der Waals surface area contributed by atoms with Crippen molar-refractivity contribution in [1.82, 2.24) is 9.88 Å². The quantitative estimate of drug-likeness (QED) is 0.796. The minimum atomic E-state index is 0.175. The van der Waals surface area contributed by atoms with E-state index in [0.29, 0.717) is 10.3 Å². The number of benzene rings is 1. The van der Waals surface area contributed by atoms with Crippen molar-refractivity contribution in [2.45, 2.75) is 18.9 Å². The largest absolute Gasteiger partial charge is 0.497 e. The lowest BCUT2D eigenvalue weighted by molar-refractivity contribution is 0.102. The van der Waals surface area contributed by atoms with Gasteiger partial charge in [0.05, 0.1) is 7.11 Å². The van der Waals surface area contributed by atoms with Crippen molar-refractivity contribution in [3.8, 4) is 5.75 Å². The first-order valence-electron chi connectivity index (χ1n) is 8.37. The Kier molecular flexibility index (Phi) is 6.18. The molecule has 0 radical (unpaired) electrons. The summed E-state index contributed by atoms with van der Waals surface area (Å²) in [4.78, 5) is 6.53. The van der Waals surface area contributed by atoms with E-state index in [0.717, 1.165) is 37.4 Å². The fourth-order valence-corrected chi connectivity index (χ4v) is 4.01. The number of nitrogens with zero attached hydrogens (tertiary/aromatic N) is 2. The molecule has 3 rings (SSSR count). The van der Waals surface area contributed by atoms with Crippen LogP contribution < -0.4 is 4.74 Å². The maximum absolute atomic E-state index is 9.71. The highest BCUT2D eigenvalue weighted by Crippen LogP contribution is 2.34. The Labute approximate surface area is 158 Å². The summed E-state index contributed by atoms with van der Waals surface area (Å²) < 4.78 is 5.21. The molecule has 0 amide bonds. The smallest absolute Gasteiger partial charge is 0.134 e. The van der Waals surface area contributed by atoms with Gasteiger partial charge in [-0.2, -0.15) is 0 Å². The normalized spacial score (nSPS) is 21.3. The molecule has 0 spiro atoms. The van der Waals surface area contributed by atoms with Crippen LogP contribution in [0.25, 0.3) is 0 Å². The summed E-state index contributed by atoms with van der Waals surface area (Å²) in [5.74, 6) is 1.32. The van der Waals surface area contributed by atoms with Crippen molar-refractivity contribution in [3.05, 3.63) is 57.8 Å². The van der Waals surface area contributed by atoms with Crippen LogP contribution in [0.3, 0.4) is 0 Å². The van der Waals surface area contributed by atoms with Crippen molar-refractivity contribution in [2.75, 3.05) is 26.8 Å². The predicted molar refractivity (Wildman–Crippen MR) is 100 cm³/mol. The highest BCUT2D eigenvalue weighted by Gasteiger charge is 2.29. The van der Waals surface area contributed by atoms with Gasteiger partial charge in [0.15, 0.2) is 0 Å². The van der Waals surface area contributed by atoms with E-state index in [1.54, 1.807) is 13.2 Å². The Morgan fingerprint density at radius 1 is 1.16 bits per heavy atom. The summed E-state index contributed by atoms with van der Waals surface area (Å²) in [7, 11) is 1.67. The van der Waals surface area contributed by atoms with Crippen molar-refractivity contribution in [2.24, 2.45) is 5.92 Å². The second-order valence-electron chi connectivity index (χ2n) is 6.54. The van der Waals surface area contributed by atoms with E-state index in [-0.39, 0.29) is 18.4 Å². The Morgan fingerprint density at radius 3 is 2.56 bits per heavy atom. The molecule has 2 atom stereocenters. The van der Waals surface area contributed by atoms with Crippen LogP contribution >= 0.6 is 23.2 Å². The van der Waals surface area contributed by atoms with Gasteiger partial charge in [-0.3, -0.25) is 4.90 Å². The summed E-state index contributed by atoms with van der Waals surface area (Å²) in [6.07, 6.45) is 0.901. The zero-order valence-electron chi connectivity index (χ0n) is 14.2. The van der Waals surface area contributed by atoms with Gasteiger partial charge in [0, 0.05) is 32.2 Å². The number of hydrogen-bond donors (Lipinski definition) is 1. The lowest BCUT2D eigenvalue weighted by Gasteiger charge is -2.37. The third-order valence-corrected chi connectivity index (χ3v) is 5.23. The standard InChI is InChI=1S/C19H22Cl2N2O2/c1-25-16-4-2-13(3-5-16)9-23-10-14(12-24)8-15(11-23)17-6-7-18(20)22-19(17)21/h2-7,14-15,24H,8-12H2,1H3/t14-,15+/m0/s1. The lowest BCUT2D eigenvalue weighted by atomic mass is 9.85. The number of halogens is 2. The molecule has 0 saturated carbocycles. The molecule has 1 aliphatic heterocycles. The first-order chi connectivity index (χ1) is 12.1. The number of ether oxygens (including phenoxy) is 1. The van der Waals surface area contributed by atoms with Gasteiger partial charge < -0.3 is 9.84 Å². The van der Waals surface area contributed by atoms with E-state index in [1.165, 1.54) is 5.56 Å². The van der Waals surface area contributed by atoms with Gasteiger partial charge in [0.25, 0.3) is 0 Å². The van der Waals surface area contributed by atoms with E-state index >= 15 is 0 Å². The molecule has 134 valence electrons. The molecule has 0 unspecified atom stereocenters. The topological polar surface area (TPSA) is 45.6 Å². The Hall–Kier alpha value is -1.33. The molecule has 1 aromatic carbocycles. The van der Waals surface area contributed by atoms with Gasteiger partial charge in [0.2, 0.25) is 0 Å². The number of aliphatic hydroxyl groups excluding tert-OH is 1. The summed E-state index contributed by atoms with van der Waals surface area (Å²) in [6.45, 7) is 2.76. The van der Waals surface area contributed by atoms with Crippen LogP contribution in [0.2, 0.25) is 10.3 Å². The van der Waals surface area contributed by atoms with Crippen molar-refractivity contribution in [1.29, 1.82) is 0 Å². The second kappa shape index (κ2) is 8.37. The number of hydrogen-bond acceptors (Lipinski definition) is 4. The Bertz CT molecular complexity index is 709. The summed E-state index contributed by atoms with van der Waals surface area (Å²) in [5, 5.41) is 10.6. The number of pyridine rings is 1. The molecule has 2 heterocycles. The molecule has 25 heavy (non-hydrogen) atoms. The monoisotopic (exact) mass is 380 g/mol. The Balaban J connectivity index is 1.75. The van der Waals surface area contributed by atoms with Gasteiger partial charge in [-0.25, -0.2) is 4.98 Å². The number of aliphatic hydroxyl groups is 1. The molecule has 1 saturated heterocycles. The van der Waals surface area contributed by atoms with Crippen LogP contribution in [0.4, 0.5) is 0 Å². The lowest BCUT2D eigenvalue weighted by Crippen LogP contribution is -2.40. The van der Waals surface area contributed by atoms with E-state index in [9.17, 15) is 5.11 Å². The molecule has 0 aliphatic carbocycles. The highest BCUT2D eigenvalue weighted by molar-refractivity contribution is 6.32. The minimum absolute atomic E-state index is 0.175. The van der Waals surface area contributed by atoms with Crippen molar-refractivity contribution >= 4 is 23.2 Å². The van der Waals surface area contributed by atoms with Crippen LogP contribution in [0.5, 0.6) is 5.75 Å². The SMILES string of the molecule is COc1ccc(CN2C[C@@H](CO)C[C@@H](c3ccc(Cl)nc3Cl)C2)cc1. The van der Waals surface area contributed by atoms with Crippen LogP contribution in [-0.2, 0) is 6.54 Å². The van der Waals surface area contributed by atoms with Crippen molar-refractivity contribution in [3.63, 3.8) is 0 Å². The zero-order chi connectivity index (χ0) is 17.8. The van der Waals surface area contributed by atoms with Gasteiger partial charge in [-0.15, -0.1) is 0 Å². The summed E-state index contributed by atoms with van der Waals surface area (Å²) >= 11 is 12.2. The third kappa shape index (κ3) is 4.64. The molecule has 2 aromatic rings. The maximum Gasteiger partial charge on any atom is 0.134 e. The molecular weight excluding hydrogens is 359 g/mol. The first kappa shape index (κ1) is 18.5. The average Bonchev–Trinajstić information content (AvgIpc) is 2.62. The van der Waals surface area contributed by atoms with Crippen LogP contribution in [-0.4, -0.2) is 41.8 Å². The molecule has 1 aromatic heterocycles. The average molecular weight is 381 g/mol. The van der Waals surface area contributed by atoms with Crippen molar-refractivity contribution < 1.29 is 9.84 Å². The molecule has 6 heteroatoms. The first-order valence-corrected chi connectivity index (χ1v) is 9.12. The molecular formula is C19H22Cl2N2O2. The molecule has 1 aliphatic rings.